The lowest BCUT2D eigenvalue weighted by molar-refractivity contribution is -0.176. The normalized spacial score (nSPS) is 11.4. The van der Waals surface area contributed by atoms with Crippen molar-refractivity contribution in [1.29, 1.82) is 0 Å². The maximum absolute atomic E-state index is 11.8. The molecule has 1 aromatic heterocycles. The Morgan fingerprint density at radius 1 is 1.50 bits per heavy atom. The Morgan fingerprint density at radius 2 is 2.19 bits per heavy atom. The molecule has 7 heteroatoms. The van der Waals surface area contributed by atoms with Gasteiger partial charge in [0, 0.05) is 11.8 Å². The van der Waals surface area contributed by atoms with E-state index in [1.807, 2.05) is 0 Å². The van der Waals surface area contributed by atoms with Crippen molar-refractivity contribution in [1.82, 2.24) is 4.98 Å². The second-order valence-electron chi connectivity index (χ2n) is 2.92. The van der Waals surface area contributed by atoms with Crippen LogP contribution in [0.25, 0.3) is 0 Å². The molecule has 0 spiro atoms. The fourth-order valence-corrected chi connectivity index (χ4v) is 1.02. The molecule has 0 fully saturated rings. The summed E-state index contributed by atoms with van der Waals surface area (Å²) in [7, 11) is 0. The van der Waals surface area contributed by atoms with Gasteiger partial charge in [0.1, 0.15) is 6.61 Å². The lowest BCUT2D eigenvalue weighted by atomic mass is 10.2. The standard InChI is InChI=1S/C9H8F3NO3/c10-9(11,12)5-16-4-6-2-1-3-13-7(6)8(14)15/h1-3H,4-5H2,(H,14,15). The summed E-state index contributed by atoms with van der Waals surface area (Å²) in [6.07, 6.45) is -3.18. The lowest BCUT2D eigenvalue weighted by Gasteiger charge is -2.08. The Kier molecular flexibility index (Phi) is 3.83. The van der Waals surface area contributed by atoms with E-state index in [2.05, 4.69) is 9.72 Å². The summed E-state index contributed by atoms with van der Waals surface area (Å²) in [4.78, 5) is 14.2. The molecule has 16 heavy (non-hydrogen) atoms. The molecule has 0 radical (unpaired) electrons. The van der Waals surface area contributed by atoms with Crippen molar-refractivity contribution < 1.29 is 27.8 Å². The summed E-state index contributed by atoms with van der Waals surface area (Å²) in [5, 5.41) is 8.68. The summed E-state index contributed by atoms with van der Waals surface area (Å²) in [6, 6.07) is 2.78. The van der Waals surface area contributed by atoms with Gasteiger partial charge in [0.2, 0.25) is 0 Å². The van der Waals surface area contributed by atoms with E-state index < -0.39 is 25.4 Å². The first-order valence-corrected chi connectivity index (χ1v) is 4.22. The number of pyridine rings is 1. The van der Waals surface area contributed by atoms with E-state index in [1.165, 1.54) is 18.3 Å². The number of carbonyl (C=O) groups is 1. The average Bonchev–Trinajstić information content (AvgIpc) is 2.16. The summed E-state index contributed by atoms with van der Waals surface area (Å²) in [6.45, 7) is -1.85. The van der Waals surface area contributed by atoms with Crippen molar-refractivity contribution >= 4 is 5.97 Å². The third-order valence-corrected chi connectivity index (χ3v) is 1.62. The molecule has 0 aliphatic rings. The molecular weight excluding hydrogens is 227 g/mol. The van der Waals surface area contributed by atoms with E-state index in [9.17, 15) is 18.0 Å². The molecule has 88 valence electrons. The van der Waals surface area contributed by atoms with Crippen molar-refractivity contribution in [2.45, 2.75) is 12.8 Å². The topological polar surface area (TPSA) is 59.4 Å². The molecular formula is C9H8F3NO3. The first-order valence-electron chi connectivity index (χ1n) is 4.22. The highest BCUT2D eigenvalue weighted by molar-refractivity contribution is 5.86. The van der Waals surface area contributed by atoms with E-state index in [4.69, 9.17) is 5.11 Å². The van der Waals surface area contributed by atoms with Gasteiger partial charge in [0.15, 0.2) is 5.69 Å². The fraction of sp³-hybridized carbons (Fsp3) is 0.333. The number of halogens is 3. The van der Waals surface area contributed by atoms with Crippen LogP contribution in [0.3, 0.4) is 0 Å². The van der Waals surface area contributed by atoms with E-state index in [0.717, 1.165) is 0 Å². The van der Waals surface area contributed by atoms with Crippen LogP contribution in [0.2, 0.25) is 0 Å². The Morgan fingerprint density at radius 3 is 2.75 bits per heavy atom. The highest BCUT2D eigenvalue weighted by atomic mass is 19.4. The van der Waals surface area contributed by atoms with E-state index >= 15 is 0 Å². The second kappa shape index (κ2) is 4.93. The highest BCUT2D eigenvalue weighted by Gasteiger charge is 2.27. The summed E-state index contributed by atoms with van der Waals surface area (Å²) in [5.74, 6) is -1.30. The van der Waals surface area contributed by atoms with E-state index in [1.54, 1.807) is 0 Å². The number of carboxylic acids is 1. The fourth-order valence-electron chi connectivity index (χ4n) is 1.02. The van der Waals surface area contributed by atoms with Gasteiger partial charge in [-0.2, -0.15) is 13.2 Å². The number of nitrogens with zero attached hydrogens (tertiary/aromatic N) is 1. The molecule has 1 rings (SSSR count). The third kappa shape index (κ3) is 3.85. The molecule has 0 aliphatic carbocycles. The van der Waals surface area contributed by atoms with Crippen LogP contribution in [0.4, 0.5) is 13.2 Å². The van der Waals surface area contributed by atoms with Gasteiger partial charge in [-0.1, -0.05) is 6.07 Å². The molecule has 1 heterocycles. The monoisotopic (exact) mass is 235 g/mol. The first-order chi connectivity index (χ1) is 7.40. The van der Waals surface area contributed by atoms with Gasteiger partial charge in [-0.3, -0.25) is 0 Å². The number of ether oxygens (including phenoxy) is 1. The molecule has 4 nitrogen and oxygen atoms in total. The number of aromatic nitrogens is 1. The minimum absolute atomic E-state index is 0.110. The van der Waals surface area contributed by atoms with E-state index in [0.29, 0.717) is 0 Å². The van der Waals surface area contributed by atoms with Crippen LogP contribution >= 0.6 is 0 Å². The van der Waals surface area contributed by atoms with Crippen LogP contribution < -0.4 is 0 Å². The zero-order valence-corrected chi connectivity index (χ0v) is 7.99. The molecule has 0 atom stereocenters. The molecule has 0 unspecified atom stereocenters. The van der Waals surface area contributed by atoms with E-state index in [-0.39, 0.29) is 11.3 Å². The van der Waals surface area contributed by atoms with Crippen LogP contribution in [0, 0.1) is 0 Å². The number of rotatable bonds is 4. The Labute approximate surface area is 88.7 Å². The Hall–Kier alpha value is -1.63. The molecule has 0 saturated carbocycles. The van der Waals surface area contributed by atoms with Crippen molar-refractivity contribution in [3.63, 3.8) is 0 Å². The van der Waals surface area contributed by atoms with Gasteiger partial charge in [-0.05, 0) is 6.07 Å². The predicted octanol–water partition coefficient (Wildman–Crippen LogP) is 1.86. The largest absolute Gasteiger partial charge is 0.477 e. The maximum atomic E-state index is 11.8. The van der Waals surface area contributed by atoms with Crippen molar-refractivity contribution in [3.8, 4) is 0 Å². The lowest BCUT2D eigenvalue weighted by Crippen LogP contribution is -2.17. The quantitative estimate of drug-likeness (QED) is 0.865. The van der Waals surface area contributed by atoms with Crippen LogP contribution in [0.1, 0.15) is 16.1 Å². The van der Waals surface area contributed by atoms with Crippen LogP contribution in [0.5, 0.6) is 0 Å². The number of hydrogen-bond donors (Lipinski definition) is 1. The van der Waals surface area contributed by atoms with Crippen molar-refractivity contribution in [2.75, 3.05) is 6.61 Å². The number of carboxylic acid groups (broad SMARTS) is 1. The number of alkyl halides is 3. The molecule has 0 saturated heterocycles. The van der Waals surface area contributed by atoms with Crippen LogP contribution in [0.15, 0.2) is 18.3 Å². The van der Waals surface area contributed by atoms with Gasteiger partial charge in [-0.25, -0.2) is 9.78 Å². The summed E-state index contributed by atoms with van der Waals surface area (Å²) >= 11 is 0. The minimum atomic E-state index is -4.43. The van der Waals surface area contributed by atoms with Crippen LogP contribution in [-0.2, 0) is 11.3 Å². The number of hydrogen-bond acceptors (Lipinski definition) is 3. The second-order valence-corrected chi connectivity index (χ2v) is 2.92. The average molecular weight is 235 g/mol. The van der Waals surface area contributed by atoms with Gasteiger partial charge in [-0.15, -0.1) is 0 Å². The van der Waals surface area contributed by atoms with Gasteiger partial charge >= 0.3 is 12.1 Å². The SMILES string of the molecule is O=C(O)c1ncccc1COCC(F)(F)F. The zero-order chi connectivity index (χ0) is 12.2. The molecule has 0 aliphatic heterocycles. The minimum Gasteiger partial charge on any atom is -0.477 e. The number of aromatic carboxylic acids is 1. The third-order valence-electron chi connectivity index (χ3n) is 1.62. The highest BCUT2D eigenvalue weighted by Crippen LogP contribution is 2.16. The molecule has 1 N–H and O–H groups in total. The molecule has 0 aromatic carbocycles. The van der Waals surface area contributed by atoms with Crippen molar-refractivity contribution in [3.05, 3.63) is 29.6 Å². The van der Waals surface area contributed by atoms with Crippen LogP contribution in [-0.4, -0.2) is 28.8 Å². The first kappa shape index (κ1) is 12.4. The molecule has 0 bridgehead atoms. The smallest absolute Gasteiger partial charge is 0.411 e. The van der Waals surface area contributed by atoms with Crippen molar-refractivity contribution in [2.24, 2.45) is 0 Å². The Bertz CT molecular complexity index is 379. The predicted molar refractivity (Wildman–Crippen MR) is 46.9 cm³/mol. The summed E-state index contributed by atoms with van der Waals surface area (Å²) in [5.41, 5.74) is -0.191. The van der Waals surface area contributed by atoms with Gasteiger partial charge < -0.3 is 9.84 Å². The van der Waals surface area contributed by atoms with Gasteiger partial charge in [0.25, 0.3) is 0 Å². The zero-order valence-electron chi connectivity index (χ0n) is 7.99. The Balaban J connectivity index is 2.64. The summed E-state index contributed by atoms with van der Waals surface area (Å²) < 4.78 is 39.6. The molecule has 1 aromatic rings. The maximum Gasteiger partial charge on any atom is 0.411 e. The van der Waals surface area contributed by atoms with Gasteiger partial charge in [0.05, 0.1) is 6.61 Å². The molecule has 0 amide bonds.